The number of ether oxygens (including phenoxy) is 2. The number of nitrogens with zero attached hydrogens (tertiary/aromatic N) is 3. The summed E-state index contributed by atoms with van der Waals surface area (Å²) in [6.45, 7) is 1.80. The number of carbonyl (C=O) groups excluding carboxylic acids is 1. The van der Waals surface area contributed by atoms with Gasteiger partial charge in [-0.15, -0.1) is 5.10 Å². The number of hydrogen-bond donors (Lipinski definition) is 1. The first-order valence-corrected chi connectivity index (χ1v) is 9.35. The van der Waals surface area contributed by atoms with E-state index < -0.39 is 0 Å². The van der Waals surface area contributed by atoms with Crippen molar-refractivity contribution in [3.8, 4) is 22.9 Å². The van der Waals surface area contributed by atoms with Crippen LogP contribution in [-0.4, -0.2) is 28.0 Å². The topological polar surface area (TPSA) is 78.3 Å². The van der Waals surface area contributed by atoms with Crippen molar-refractivity contribution in [1.82, 2.24) is 15.0 Å². The summed E-state index contributed by atoms with van der Waals surface area (Å²) in [5.74, 6) is 1.74. The number of hydrogen-bond acceptors (Lipinski definition) is 5. The van der Waals surface area contributed by atoms with Crippen LogP contribution in [0.15, 0.2) is 78.9 Å². The average Bonchev–Trinajstić information content (AvgIpc) is 3.16. The first-order chi connectivity index (χ1) is 14.6. The average molecular weight is 400 g/mol. The zero-order valence-electron chi connectivity index (χ0n) is 16.6. The van der Waals surface area contributed by atoms with Crippen LogP contribution >= 0.6 is 0 Å². The molecule has 0 aliphatic heterocycles. The van der Waals surface area contributed by atoms with Gasteiger partial charge in [-0.1, -0.05) is 29.5 Å². The summed E-state index contributed by atoms with van der Waals surface area (Å²) in [6.07, 6.45) is 0. The smallest absolute Gasteiger partial charge is 0.278 e. The number of anilines is 1. The quantitative estimate of drug-likeness (QED) is 0.511. The summed E-state index contributed by atoms with van der Waals surface area (Å²) >= 11 is 0. The highest BCUT2D eigenvalue weighted by molar-refractivity contribution is 6.03. The van der Waals surface area contributed by atoms with E-state index in [1.165, 1.54) is 0 Å². The molecule has 0 radical (unpaired) electrons. The second kappa shape index (κ2) is 8.48. The van der Waals surface area contributed by atoms with Crippen LogP contribution in [0.25, 0.3) is 5.69 Å². The fourth-order valence-corrected chi connectivity index (χ4v) is 2.96. The van der Waals surface area contributed by atoms with Gasteiger partial charge in [0.15, 0.2) is 5.69 Å². The second-order valence-corrected chi connectivity index (χ2v) is 6.53. The van der Waals surface area contributed by atoms with E-state index in [-0.39, 0.29) is 11.6 Å². The van der Waals surface area contributed by atoms with Gasteiger partial charge in [0.2, 0.25) is 0 Å². The molecule has 0 atom stereocenters. The van der Waals surface area contributed by atoms with Crippen LogP contribution < -0.4 is 14.8 Å². The van der Waals surface area contributed by atoms with Crippen LogP contribution in [0.2, 0.25) is 0 Å². The van der Waals surface area contributed by atoms with Crippen LogP contribution in [0.4, 0.5) is 5.69 Å². The number of nitrogens with one attached hydrogen (secondary N) is 1. The molecule has 1 aromatic heterocycles. The zero-order chi connectivity index (χ0) is 20.9. The van der Waals surface area contributed by atoms with Crippen LogP contribution in [0.5, 0.6) is 17.2 Å². The number of carbonyl (C=O) groups is 1. The zero-order valence-corrected chi connectivity index (χ0v) is 16.6. The Hall–Kier alpha value is -4.13. The summed E-state index contributed by atoms with van der Waals surface area (Å²) in [7, 11) is 1.61. The van der Waals surface area contributed by atoms with E-state index in [0.717, 1.165) is 17.2 Å². The van der Waals surface area contributed by atoms with Gasteiger partial charge in [0.05, 0.1) is 18.5 Å². The van der Waals surface area contributed by atoms with Gasteiger partial charge in [-0.25, -0.2) is 4.68 Å². The van der Waals surface area contributed by atoms with E-state index in [2.05, 4.69) is 15.6 Å². The van der Waals surface area contributed by atoms with Crippen molar-refractivity contribution in [3.63, 3.8) is 0 Å². The Labute approximate surface area is 173 Å². The maximum Gasteiger partial charge on any atom is 0.278 e. The molecule has 0 saturated heterocycles. The molecule has 1 amide bonds. The molecule has 0 spiro atoms. The summed E-state index contributed by atoms with van der Waals surface area (Å²) in [6, 6.07) is 24.0. The van der Waals surface area contributed by atoms with Gasteiger partial charge < -0.3 is 14.8 Å². The Morgan fingerprint density at radius 1 is 0.900 bits per heavy atom. The van der Waals surface area contributed by atoms with Crippen LogP contribution in [0.1, 0.15) is 16.2 Å². The molecule has 0 saturated carbocycles. The largest absolute Gasteiger partial charge is 0.497 e. The Bertz CT molecular complexity index is 1150. The minimum atomic E-state index is -0.343. The van der Waals surface area contributed by atoms with Crippen molar-refractivity contribution in [2.24, 2.45) is 0 Å². The molecule has 1 heterocycles. The molecular weight excluding hydrogens is 380 g/mol. The second-order valence-electron chi connectivity index (χ2n) is 6.53. The van der Waals surface area contributed by atoms with Crippen LogP contribution in [0, 0.1) is 6.92 Å². The lowest BCUT2D eigenvalue weighted by Gasteiger charge is -2.09. The third-order valence-electron chi connectivity index (χ3n) is 4.50. The molecular formula is C23H20N4O3. The molecule has 7 heteroatoms. The lowest BCUT2D eigenvalue weighted by atomic mass is 10.2. The molecule has 150 valence electrons. The maximum atomic E-state index is 12.8. The van der Waals surface area contributed by atoms with Crippen molar-refractivity contribution in [2.75, 3.05) is 12.4 Å². The molecule has 30 heavy (non-hydrogen) atoms. The fraction of sp³-hybridized carbons (Fsp3) is 0.0870. The van der Waals surface area contributed by atoms with Gasteiger partial charge in [0, 0.05) is 11.8 Å². The first-order valence-electron chi connectivity index (χ1n) is 9.35. The standard InChI is InChI=1S/C23H20N4O3/c1-16-22(25-26-27(16)18-11-13-19(29-2)14-12-18)23(28)24-17-7-6-10-21(15-17)30-20-8-4-3-5-9-20/h3-15H,1-2H3,(H,24,28). The fourth-order valence-electron chi connectivity index (χ4n) is 2.96. The molecule has 4 rings (SSSR count). The molecule has 0 unspecified atom stereocenters. The molecule has 1 N–H and O–H groups in total. The normalized spacial score (nSPS) is 10.5. The van der Waals surface area contributed by atoms with E-state index in [0.29, 0.717) is 17.1 Å². The predicted molar refractivity (Wildman–Crippen MR) is 114 cm³/mol. The number of methoxy groups -OCH3 is 1. The molecule has 0 aliphatic carbocycles. The monoisotopic (exact) mass is 400 g/mol. The summed E-state index contributed by atoms with van der Waals surface area (Å²) in [5, 5.41) is 11.0. The lowest BCUT2D eigenvalue weighted by Crippen LogP contribution is -2.14. The number of aromatic nitrogens is 3. The van der Waals surface area contributed by atoms with Gasteiger partial charge in [0.25, 0.3) is 5.91 Å². The Morgan fingerprint density at radius 3 is 2.37 bits per heavy atom. The maximum absolute atomic E-state index is 12.8. The SMILES string of the molecule is COc1ccc(-n2nnc(C(=O)Nc3cccc(Oc4ccccc4)c3)c2C)cc1. The van der Waals surface area contributed by atoms with E-state index in [9.17, 15) is 4.79 Å². The first kappa shape index (κ1) is 19.2. The van der Waals surface area contributed by atoms with Gasteiger partial charge in [-0.2, -0.15) is 0 Å². The highest BCUT2D eigenvalue weighted by Crippen LogP contribution is 2.24. The Kier molecular flexibility index (Phi) is 5.43. The van der Waals surface area contributed by atoms with E-state index in [1.807, 2.05) is 66.7 Å². The molecule has 3 aromatic carbocycles. The highest BCUT2D eigenvalue weighted by atomic mass is 16.5. The number of rotatable bonds is 6. The van der Waals surface area contributed by atoms with Gasteiger partial charge in [-0.3, -0.25) is 4.79 Å². The summed E-state index contributed by atoms with van der Waals surface area (Å²) < 4.78 is 12.6. The van der Waals surface area contributed by atoms with E-state index >= 15 is 0 Å². The van der Waals surface area contributed by atoms with Crippen molar-refractivity contribution >= 4 is 11.6 Å². The molecule has 7 nitrogen and oxygen atoms in total. The van der Waals surface area contributed by atoms with Crippen LogP contribution in [-0.2, 0) is 0 Å². The minimum Gasteiger partial charge on any atom is -0.497 e. The third-order valence-corrected chi connectivity index (χ3v) is 4.50. The van der Waals surface area contributed by atoms with Gasteiger partial charge in [-0.05, 0) is 55.5 Å². The van der Waals surface area contributed by atoms with Gasteiger partial charge >= 0.3 is 0 Å². The van der Waals surface area contributed by atoms with Crippen molar-refractivity contribution in [2.45, 2.75) is 6.92 Å². The van der Waals surface area contributed by atoms with Crippen LogP contribution in [0.3, 0.4) is 0 Å². The molecule has 0 aliphatic rings. The number of amides is 1. The van der Waals surface area contributed by atoms with Gasteiger partial charge in [0.1, 0.15) is 17.2 Å². The van der Waals surface area contributed by atoms with Crippen molar-refractivity contribution in [1.29, 1.82) is 0 Å². The highest BCUT2D eigenvalue weighted by Gasteiger charge is 2.18. The molecule has 0 bridgehead atoms. The number of benzene rings is 3. The third kappa shape index (κ3) is 4.15. The minimum absolute atomic E-state index is 0.250. The summed E-state index contributed by atoms with van der Waals surface area (Å²) in [5.41, 5.74) is 2.28. The molecule has 0 fully saturated rings. The Balaban J connectivity index is 1.50. The molecule has 4 aromatic rings. The van der Waals surface area contributed by atoms with E-state index in [1.54, 1.807) is 30.8 Å². The number of para-hydroxylation sites is 1. The predicted octanol–water partition coefficient (Wildman–Crippen LogP) is 4.63. The lowest BCUT2D eigenvalue weighted by molar-refractivity contribution is 0.102. The van der Waals surface area contributed by atoms with Crippen molar-refractivity contribution in [3.05, 3.63) is 90.3 Å². The summed E-state index contributed by atoms with van der Waals surface area (Å²) in [4.78, 5) is 12.8. The van der Waals surface area contributed by atoms with Crippen molar-refractivity contribution < 1.29 is 14.3 Å². The Morgan fingerprint density at radius 2 is 1.63 bits per heavy atom. The van der Waals surface area contributed by atoms with E-state index in [4.69, 9.17) is 9.47 Å².